The summed E-state index contributed by atoms with van der Waals surface area (Å²) in [5, 5.41) is 2.79. The fourth-order valence-corrected chi connectivity index (χ4v) is 2.62. The number of nitrogens with zero attached hydrogens (tertiary/aromatic N) is 2. The van der Waals surface area contributed by atoms with E-state index in [9.17, 15) is 22.8 Å². The van der Waals surface area contributed by atoms with Gasteiger partial charge in [0.25, 0.3) is 11.5 Å². The molecule has 0 bridgehead atoms. The van der Waals surface area contributed by atoms with Gasteiger partial charge in [-0.25, -0.2) is 9.97 Å². The quantitative estimate of drug-likeness (QED) is 0.564. The number of halogens is 3. The number of rotatable bonds is 6. The van der Waals surface area contributed by atoms with E-state index in [0.717, 1.165) is 6.07 Å². The lowest BCUT2D eigenvalue weighted by Gasteiger charge is -2.14. The van der Waals surface area contributed by atoms with E-state index in [-0.39, 0.29) is 17.7 Å². The molecule has 0 atom stereocenters. The van der Waals surface area contributed by atoms with E-state index in [1.54, 1.807) is 24.4 Å². The van der Waals surface area contributed by atoms with Crippen LogP contribution in [0.15, 0.2) is 47.5 Å². The molecule has 0 spiro atoms. The maximum atomic E-state index is 13.4. The van der Waals surface area contributed by atoms with E-state index in [1.165, 1.54) is 24.3 Å². The highest BCUT2D eigenvalue weighted by Crippen LogP contribution is 2.35. The lowest BCUT2D eigenvalue weighted by Crippen LogP contribution is -2.27. The van der Waals surface area contributed by atoms with Gasteiger partial charge in [0.15, 0.2) is 0 Å². The number of pyridine rings is 1. The first-order valence-electron chi connectivity index (χ1n) is 8.55. The summed E-state index contributed by atoms with van der Waals surface area (Å²) in [6.45, 7) is 0.154. The second kappa shape index (κ2) is 8.23. The number of H-pyrrole nitrogens is 1. The summed E-state index contributed by atoms with van der Waals surface area (Å²) < 4.78 is 45.7. The van der Waals surface area contributed by atoms with Crippen molar-refractivity contribution >= 4 is 11.9 Å². The molecule has 30 heavy (non-hydrogen) atoms. The van der Waals surface area contributed by atoms with Crippen LogP contribution in [0.4, 0.5) is 19.1 Å². The zero-order valence-electron chi connectivity index (χ0n) is 15.6. The average Bonchev–Trinajstić information content (AvgIpc) is 2.72. The molecular formula is C19H16F3N5O3. The van der Waals surface area contributed by atoms with Crippen LogP contribution in [0.25, 0.3) is 11.1 Å². The van der Waals surface area contributed by atoms with E-state index >= 15 is 0 Å². The van der Waals surface area contributed by atoms with Crippen LogP contribution in [0, 0.1) is 0 Å². The van der Waals surface area contributed by atoms with E-state index in [4.69, 9.17) is 10.5 Å². The SMILES string of the molecule is CNc1ncc(COc2ccc(-c3cc(C(N)=O)c(=O)[nH]c3C(F)(F)F)cc2)cn1. The van der Waals surface area contributed by atoms with Crippen LogP contribution < -0.4 is 21.3 Å². The monoisotopic (exact) mass is 419 g/mol. The molecule has 0 unspecified atom stereocenters. The van der Waals surface area contributed by atoms with Crippen molar-refractivity contribution in [1.29, 1.82) is 0 Å². The molecule has 3 aromatic rings. The Morgan fingerprint density at radius 1 is 1.20 bits per heavy atom. The van der Waals surface area contributed by atoms with Crippen LogP contribution in [-0.4, -0.2) is 27.9 Å². The predicted molar refractivity (Wildman–Crippen MR) is 102 cm³/mol. The van der Waals surface area contributed by atoms with E-state index in [2.05, 4.69) is 15.3 Å². The number of carbonyl (C=O) groups is 1. The van der Waals surface area contributed by atoms with Crippen molar-refractivity contribution < 1.29 is 22.7 Å². The Hall–Kier alpha value is -3.89. The molecule has 0 fully saturated rings. The van der Waals surface area contributed by atoms with Crippen molar-refractivity contribution in [2.24, 2.45) is 5.73 Å². The minimum Gasteiger partial charge on any atom is -0.489 e. The number of carbonyl (C=O) groups excluding carboxylic acids is 1. The normalized spacial score (nSPS) is 11.2. The average molecular weight is 419 g/mol. The number of nitrogens with one attached hydrogen (secondary N) is 2. The van der Waals surface area contributed by atoms with Gasteiger partial charge in [0.1, 0.15) is 23.6 Å². The number of hydrogen-bond acceptors (Lipinski definition) is 6. The van der Waals surface area contributed by atoms with Gasteiger partial charge in [-0.2, -0.15) is 13.2 Å². The van der Waals surface area contributed by atoms with Crippen molar-refractivity contribution in [3.63, 3.8) is 0 Å². The second-order valence-corrected chi connectivity index (χ2v) is 6.14. The van der Waals surface area contributed by atoms with Crippen LogP contribution in [0.3, 0.4) is 0 Å². The fraction of sp³-hybridized carbons (Fsp3) is 0.158. The van der Waals surface area contributed by atoms with Crippen molar-refractivity contribution in [2.75, 3.05) is 12.4 Å². The standard InChI is InChI=1S/C19H16F3N5O3/c1-24-18-25-7-10(8-26-18)9-30-12-4-2-11(3-5-12)13-6-14(16(23)28)17(29)27-15(13)19(20,21)22/h2-8H,9H2,1H3,(H2,23,28)(H,27,29)(H,24,25,26). The lowest BCUT2D eigenvalue weighted by molar-refractivity contribution is -0.140. The number of alkyl halides is 3. The Balaban J connectivity index is 1.87. The molecule has 0 aliphatic carbocycles. The zero-order valence-corrected chi connectivity index (χ0v) is 15.6. The van der Waals surface area contributed by atoms with Gasteiger partial charge in [0, 0.05) is 30.6 Å². The van der Waals surface area contributed by atoms with Crippen molar-refractivity contribution in [3.05, 3.63) is 69.9 Å². The highest BCUT2D eigenvalue weighted by atomic mass is 19.4. The number of aromatic nitrogens is 3. The van der Waals surface area contributed by atoms with Gasteiger partial charge in [-0.3, -0.25) is 9.59 Å². The summed E-state index contributed by atoms with van der Waals surface area (Å²) in [6.07, 6.45) is -1.68. The number of ether oxygens (including phenoxy) is 1. The zero-order chi connectivity index (χ0) is 21.9. The molecule has 156 valence electrons. The van der Waals surface area contributed by atoms with Gasteiger partial charge < -0.3 is 20.8 Å². The first-order valence-corrected chi connectivity index (χ1v) is 8.55. The smallest absolute Gasteiger partial charge is 0.431 e. The number of nitrogens with two attached hydrogens (primary N) is 1. The van der Waals surface area contributed by atoms with Gasteiger partial charge >= 0.3 is 6.18 Å². The molecule has 0 saturated carbocycles. The van der Waals surface area contributed by atoms with E-state index in [1.807, 2.05) is 0 Å². The summed E-state index contributed by atoms with van der Waals surface area (Å²) in [7, 11) is 1.69. The van der Waals surface area contributed by atoms with Crippen molar-refractivity contribution in [2.45, 2.75) is 12.8 Å². The van der Waals surface area contributed by atoms with Crippen LogP contribution in [0.1, 0.15) is 21.6 Å². The Kier molecular flexibility index (Phi) is 5.72. The highest BCUT2D eigenvalue weighted by Gasteiger charge is 2.36. The Morgan fingerprint density at radius 3 is 2.37 bits per heavy atom. The summed E-state index contributed by atoms with van der Waals surface area (Å²) >= 11 is 0. The lowest BCUT2D eigenvalue weighted by atomic mass is 10.0. The molecule has 3 rings (SSSR count). The molecule has 1 amide bonds. The predicted octanol–water partition coefficient (Wildman–Crippen LogP) is 2.57. The molecule has 2 aromatic heterocycles. The third-order valence-corrected chi connectivity index (χ3v) is 4.09. The molecule has 0 aliphatic rings. The molecule has 8 nitrogen and oxygen atoms in total. The van der Waals surface area contributed by atoms with Crippen LogP contribution in [0.2, 0.25) is 0 Å². The highest BCUT2D eigenvalue weighted by molar-refractivity contribution is 5.94. The largest absolute Gasteiger partial charge is 0.489 e. The number of benzene rings is 1. The summed E-state index contributed by atoms with van der Waals surface area (Å²) in [4.78, 5) is 32.9. The number of amides is 1. The minimum absolute atomic E-state index is 0.120. The van der Waals surface area contributed by atoms with Crippen LogP contribution >= 0.6 is 0 Å². The summed E-state index contributed by atoms with van der Waals surface area (Å²) in [6, 6.07) is 6.52. The number of primary amides is 1. The molecule has 2 heterocycles. The molecule has 11 heteroatoms. The van der Waals surface area contributed by atoms with E-state index in [0.29, 0.717) is 17.3 Å². The maximum Gasteiger partial charge on any atom is 0.431 e. The molecule has 4 N–H and O–H groups in total. The third-order valence-electron chi connectivity index (χ3n) is 4.09. The minimum atomic E-state index is -4.83. The Bertz CT molecular complexity index is 1110. The summed E-state index contributed by atoms with van der Waals surface area (Å²) in [5.41, 5.74) is 2.49. The van der Waals surface area contributed by atoms with Gasteiger partial charge in [0.2, 0.25) is 5.95 Å². The number of anilines is 1. The van der Waals surface area contributed by atoms with Gasteiger partial charge in [-0.15, -0.1) is 0 Å². The van der Waals surface area contributed by atoms with Gasteiger partial charge in [-0.1, -0.05) is 12.1 Å². The molecule has 0 saturated heterocycles. The second-order valence-electron chi connectivity index (χ2n) is 6.14. The van der Waals surface area contributed by atoms with Crippen molar-refractivity contribution in [1.82, 2.24) is 15.0 Å². The number of aromatic amines is 1. The number of hydrogen-bond donors (Lipinski definition) is 3. The third kappa shape index (κ3) is 4.57. The molecule has 1 aromatic carbocycles. The molecule has 0 aliphatic heterocycles. The van der Waals surface area contributed by atoms with Gasteiger partial charge in [-0.05, 0) is 23.8 Å². The summed E-state index contributed by atoms with van der Waals surface area (Å²) in [5.74, 6) is -0.276. The fourth-order valence-electron chi connectivity index (χ4n) is 2.62. The van der Waals surface area contributed by atoms with Gasteiger partial charge in [0.05, 0.1) is 0 Å². The van der Waals surface area contributed by atoms with Crippen LogP contribution in [-0.2, 0) is 12.8 Å². The molecular weight excluding hydrogens is 403 g/mol. The maximum absolute atomic E-state index is 13.4. The first kappa shape index (κ1) is 20.8. The first-order chi connectivity index (χ1) is 14.2. The topological polar surface area (TPSA) is 123 Å². The Labute approximate surface area is 167 Å². The van der Waals surface area contributed by atoms with E-state index < -0.39 is 28.9 Å². The molecule has 0 radical (unpaired) electrons. The van der Waals surface area contributed by atoms with Crippen molar-refractivity contribution in [3.8, 4) is 16.9 Å². The Morgan fingerprint density at radius 2 is 1.83 bits per heavy atom. The van der Waals surface area contributed by atoms with Crippen LogP contribution in [0.5, 0.6) is 5.75 Å².